The maximum Gasteiger partial charge on any atom is 0.228 e. The minimum atomic E-state index is -0.422. The molecule has 0 unspecified atom stereocenters. The lowest BCUT2D eigenvalue weighted by Crippen LogP contribution is -2.14. The van der Waals surface area contributed by atoms with Crippen molar-refractivity contribution in [2.75, 3.05) is 11.1 Å². The van der Waals surface area contributed by atoms with Gasteiger partial charge >= 0.3 is 0 Å². The second kappa shape index (κ2) is 11.4. The molecule has 0 atom stereocenters. The van der Waals surface area contributed by atoms with Gasteiger partial charge in [-0.15, -0.1) is 11.8 Å². The summed E-state index contributed by atoms with van der Waals surface area (Å²) in [5.74, 6) is 1.12. The Hall–Kier alpha value is -4.08. The molecule has 0 spiro atoms. The topological polar surface area (TPSA) is 62.1 Å². The Morgan fingerprint density at radius 1 is 0.971 bits per heavy atom. The number of hydrogen-bond donors (Lipinski definition) is 1. The van der Waals surface area contributed by atoms with Crippen LogP contribution in [0, 0.1) is 17.1 Å². The van der Waals surface area contributed by atoms with Gasteiger partial charge in [-0.3, -0.25) is 4.79 Å². The number of carbonyl (C=O) groups is 1. The van der Waals surface area contributed by atoms with Gasteiger partial charge in [0.25, 0.3) is 0 Å². The maximum absolute atomic E-state index is 13.8. The van der Waals surface area contributed by atoms with E-state index in [1.165, 1.54) is 17.0 Å². The molecule has 0 bridgehead atoms. The monoisotopic (exact) mass is 482 g/mol. The van der Waals surface area contributed by atoms with Crippen molar-refractivity contribution >= 4 is 23.4 Å². The molecule has 0 aliphatic rings. The third-order valence-corrected chi connectivity index (χ3v) is 6.12. The zero-order valence-corrected chi connectivity index (χ0v) is 19.9. The molecule has 4 aromatic carbocycles. The predicted octanol–water partition coefficient (Wildman–Crippen LogP) is 7.45. The van der Waals surface area contributed by atoms with Gasteiger partial charge < -0.3 is 10.1 Å². The van der Waals surface area contributed by atoms with Gasteiger partial charge in [0.05, 0.1) is 18.1 Å². The van der Waals surface area contributed by atoms with Crippen molar-refractivity contribution in [3.63, 3.8) is 0 Å². The molecule has 0 aliphatic heterocycles. The number of halogens is 1. The van der Waals surface area contributed by atoms with Gasteiger partial charge in [0.15, 0.2) is 0 Å². The van der Waals surface area contributed by atoms with Gasteiger partial charge in [0, 0.05) is 33.8 Å². The van der Waals surface area contributed by atoms with Crippen LogP contribution in [0.5, 0.6) is 11.5 Å². The standard InChI is InChI=1S/C29H23FN2O2S/c1-2-35-25-13-10-20(11-14-25)16-29(33)32-23-12-15-27(26-9-4-3-6-21(26)19-31)28(18-23)34-24-8-5-7-22(30)17-24/h3-15,17-18H,2,16H2,1H3,(H,32,33). The zero-order chi connectivity index (χ0) is 24.6. The second-order valence-corrected chi connectivity index (χ2v) is 9.07. The highest BCUT2D eigenvalue weighted by Gasteiger charge is 2.14. The first kappa shape index (κ1) is 24.1. The molecule has 4 nitrogen and oxygen atoms in total. The number of hydrogen-bond acceptors (Lipinski definition) is 4. The fourth-order valence-corrected chi connectivity index (χ4v) is 4.30. The van der Waals surface area contributed by atoms with Crippen molar-refractivity contribution in [1.29, 1.82) is 5.26 Å². The normalized spacial score (nSPS) is 10.4. The number of nitrogens with zero attached hydrogens (tertiary/aromatic N) is 1. The molecule has 35 heavy (non-hydrogen) atoms. The summed E-state index contributed by atoms with van der Waals surface area (Å²) in [4.78, 5) is 13.9. The third-order valence-electron chi connectivity index (χ3n) is 5.23. The van der Waals surface area contributed by atoms with E-state index in [4.69, 9.17) is 4.74 Å². The average Bonchev–Trinajstić information content (AvgIpc) is 2.86. The van der Waals surface area contributed by atoms with E-state index in [-0.39, 0.29) is 12.3 Å². The highest BCUT2D eigenvalue weighted by atomic mass is 32.2. The lowest BCUT2D eigenvalue weighted by atomic mass is 9.99. The van der Waals surface area contributed by atoms with Crippen molar-refractivity contribution < 1.29 is 13.9 Å². The number of rotatable bonds is 8. The highest BCUT2D eigenvalue weighted by molar-refractivity contribution is 7.99. The van der Waals surface area contributed by atoms with E-state index >= 15 is 0 Å². The number of ether oxygens (including phenoxy) is 1. The largest absolute Gasteiger partial charge is 0.457 e. The summed E-state index contributed by atoms with van der Waals surface area (Å²) < 4.78 is 19.8. The first-order valence-corrected chi connectivity index (χ1v) is 12.1. The third kappa shape index (κ3) is 6.28. The Bertz CT molecular complexity index is 1380. The highest BCUT2D eigenvalue weighted by Crippen LogP contribution is 2.37. The summed E-state index contributed by atoms with van der Waals surface area (Å²) in [7, 11) is 0. The molecule has 0 saturated carbocycles. The van der Waals surface area contributed by atoms with Crippen LogP contribution in [0.15, 0.2) is 95.9 Å². The number of nitrogens with one attached hydrogen (secondary N) is 1. The molecule has 0 radical (unpaired) electrons. The van der Waals surface area contributed by atoms with E-state index in [1.54, 1.807) is 54.2 Å². The molecule has 0 heterocycles. The summed E-state index contributed by atoms with van der Waals surface area (Å²) in [6.07, 6.45) is 0.232. The lowest BCUT2D eigenvalue weighted by molar-refractivity contribution is -0.115. The smallest absolute Gasteiger partial charge is 0.228 e. The number of nitriles is 1. The molecule has 1 N–H and O–H groups in total. The Labute approximate surface area is 208 Å². The van der Waals surface area contributed by atoms with E-state index in [0.29, 0.717) is 33.9 Å². The molecule has 0 aromatic heterocycles. The van der Waals surface area contributed by atoms with Crippen molar-refractivity contribution in [3.05, 3.63) is 108 Å². The molecular formula is C29H23FN2O2S. The summed E-state index contributed by atoms with van der Waals surface area (Å²) >= 11 is 1.75. The van der Waals surface area contributed by atoms with Crippen molar-refractivity contribution in [3.8, 4) is 28.7 Å². The molecule has 4 rings (SSSR count). The van der Waals surface area contributed by atoms with Gasteiger partial charge in [-0.05, 0) is 53.8 Å². The van der Waals surface area contributed by atoms with Crippen molar-refractivity contribution in [2.24, 2.45) is 0 Å². The van der Waals surface area contributed by atoms with E-state index in [1.807, 2.05) is 36.4 Å². The molecule has 6 heteroatoms. The average molecular weight is 483 g/mol. The molecule has 4 aromatic rings. The first-order valence-electron chi connectivity index (χ1n) is 11.1. The van der Waals surface area contributed by atoms with Gasteiger partial charge in [-0.25, -0.2) is 4.39 Å². The van der Waals surface area contributed by atoms with Crippen LogP contribution in [0.25, 0.3) is 11.1 Å². The van der Waals surface area contributed by atoms with Crippen molar-refractivity contribution in [2.45, 2.75) is 18.2 Å². The van der Waals surface area contributed by atoms with E-state index in [9.17, 15) is 14.4 Å². The second-order valence-electron chi connectivity index (χ2n) is 7.73. The first-order chi connectivity index (χ1) is 17.1. The van der Waals surface area contributed by atoms with Gasteiger partial charge in [0.2, 0.25) is 5.91 Å². The Balaban J connectivity index is 1.60. The van der Waals surface area contributed by atoms with Crippen LogP contribution >= 0.6 is 11.8 Å². The lowest BCUT2D eigenvalue weighted by Gasteiger charge is -2.15. The van der Waals surface area contributed by atoms with E-state index in [0.717, 1.165) is 11.3 Å². The summed E-state index contributed by atoms with van der Waals surface area (Å²) in [6.45, 7) is 2.10. The minimum Gasteiger partial charge on any atom is -0.457 e. The van der Waals surface area contributed by atoms with Crippen LogP contribution in [0.1, 0.15) is 18.1 Å². The SMILES string of the molecule is CCSc1ccc(CC(=O)Nc2ccc(-c3ccccc3C#N)c(Oc3cccc(F)c3)c2)cc1. The Morgan fingerprint density at radius 3 is 2.51 bits per heavy atom. The molecular weight excluding hydrogens is 459 g/mol. The molecule has 0 fully saturated rings. The maximum atomic E-state index is 13.8. The summed E-state index contributed by atoms with van der Waals surface area (Å²) in [6, 6.07) is 28.4. The van der Waals surface area contributed by atoms with Crippen LogP contribution in [-0.4, -0.2) is 11.7 Å². The van der Waals surface area contributed by atoms with Gasteiger partial charge in [-0.2, -0.15) is 5.26 Å². The molecule has 174 valence electrons. The van der Waals surface area contributed by atoms with Crippen molar-refractivity contribution in [1.82, 2.24) is 0 Å². The number of anilines is 1. The van der Waals surface area contributed by atoms with Crippen LogP contribution in [-0.2, 0) is 11.2 Å². The van der Waals surface area contributed by atoms with E-state index < -0.39 is 5.82 Å². The van der Waals surface area contributed by atoms with Gasteiger partial charge in [0.1, 0.15) is 17.3 Å². The molecule has 0 saturated heterocycles. The molecule has 1 amide bonds. The van der Waals surface area contributed by atoms with Crippen LogP contribution in [0.2, 0.25) is 0 Å². The fourth-order valence-electron chi connectivity index (χ4n) is 3.64. The Morgan fingerprint density at radius 2 is 1.77 bits per heavy atom. The quantitative estimate of drug-likeness (QED) is 0.265. The van der Waals surface area contributed by atoms with Crippen LogP contribution in [0.4, 0.5) is 10.1 Å². The van der Waals surface area contributed by atoms with Gasteiger partial charge in [-0.1, -0.05) is 43.3 Å². The van der Waals surface area contributed by atoms with Crippen LogP contribution in [0.3, 0.4) is 0 Å². The predicted molar refractivity (Wildman–Crippen MR) is 138 cm³/mol. The fraction of sp³-hybridized carbons (Fsp3) is 0.103. The number of benzene rings is 4. The molecule has 0 aliphatic carbocycles. The number of carbonyl (C=O) groups excluding carboxylic acids is 1. The summed E-state index contributed by atoms with van der Waals surface area (Å²) in [5.41, 5.74) is 3.28. The zero-order valence-electron chi connectivity index (χ0n) is 19.1. The number of amides is 1. The van der Waals surface area contributed by atoms with Crippen LogP contribution < -0.4 is 10.1 Å². The number of thioether (sulfide) groups is 1. The summed E-state index contributed by atoms with van der Waals surface area (Å²) in [5, 5.41) is 12.5. The minimum absolute atomic E-state index is 0.164. The Kier molecular flexibility index (Phi) is 7.81. The van der Waals surface area contributed by atoms with E-state index in [2.05, 4.69) is 18.3 Å².